The molecule has 0 spiro atoms. The van der Waals surface area contributed by atoms with E-state index in [0.717, 1.165) is 38.1 Å². The molecule has 1 aliphatic heterocycles. The van der Waals surface area contributed by atoms with Crippen molar-refractivity contribution in [2.45, 2.75) is 25.6 Å². The molecule has 0 saturated carbocycles. The number of rotatable bonds is 3. The van der Waals surface area contributed by atoms with Gasteiger partial charge in [-0.15, -0.1) is 4.40 Å². The van der Waals surface area contributed by atoms with Crippen molar-refractivity contribution in [3.8, 4) is 0 Å². The number of nitrogens with zero attached hydrogens (tertiary/aromatic N) is 1. The Morgan fingerprint density at radius 3 is 3.18 bits per heavy atom. The second-order valence-electron chi connectivity index (χ2n) is 2.15. The molecule has 0 N–H and O–H groups in total. The molecule has 1 heterocycles. The van der Waals surface area contributed by atoms with Crippen molar-refractivity contribution < 1.29 is 13.7 Å². The summed E-state index contributed by atoms with van der Waals surface area (Å²) in [5, 5.41) is 0. The Hall–Kier alpha value is -0.350. The molecule has 0 aromatic rings. The van der Waals surface area contributed by atoms with Crippen LogP contribution in [0.3, 0.4) is 0 Å². The van der Waals surface area contributed by atoms with Crippen molar-refractivity contribution in [1.29, 1.82) is 0 Å². The van der Waals surface area contributed by atoms with Crippen LogP contribution in [0.25, 0.3) is 0 Å². The minimum atomic E-state index is -0.203. The fourth-order valence-corrected chi connectivity index (χ4v) is 1.19. The third kappa shape index (κ3) is 3.53. The Labute approximate surface area is 69.3 Å². The molecular formula is C6H9NO3S. The highest BCUT2D eigenvalue weighted by Crippen LogP contribution is 2.18. The molecule has 1 fully saturated rings. The van der Waals surface area contributed by atoms with Gasteiger partial charge in [0.25, 0.3) is 0 Å². The summed E-state index contributed by atoms with van der Waals surface area (Å²) < 4.78 is 13.4. The molecule has 1 aliphatic rings. The molecule has 62 valence electrons. The van der Waals surface area contributed by atoms with Crippen molar-refractivity contribution >= 4 is 18.3 Å². The molecule has 1 saturated heterocycles. The zero-order chi connectivity index (χ0) is 7.94. The van der Waals surface area contributed by atoms with Crippen LogP contribution in [0.1, 0.15) is 19.3 Å². The molecule has 0 bridgehead atoms. The number of hydrogen-bond acceptors (Lipinski definition) is 5. The summed E-state index contributed by atoms with van der Waals surface area (Å²) in [7, 11) is 0. The maximum absolute atomic E-state index is 9.61. The van der Waals surface area contributed by atoms with Gasteiger partial charge in [0.2, 0.25) is 6.08 Å². The summed E-state index contributed by atoms with van der Waals surface area (Å²) in [6, 6.07) is 0. The lowest BCUT2D eigenvalue weighted by molar-refractivity contribution is -0.0957. The van der Waals surface area contributed by atoms with E-state index in [9.17, 15) is 4.79 Å². The van der Waals surface area contributed by atoms with Gasteiger partial charge in [-0.05, 0) is 19.3 Å². The van der Waals surface area contributed by atoms with E-state index in [-0.39, 0.29) is 6.29 Å². The van der Waals surface area contributed by atoms with Crippen molar-refractivity contribution in [2.75, 3.05) is 6.61 Å². The highest BCUT2D eigenvalue weighted by molar-refractivity contribution is 7.93. The fourth-order valence-electron chi connectivity index (χ4n) is 0.872. The van der Waals surface area contributed by atoms with Crippen LogP contribution in [0.5, 0.6) is 0 Å². The monoisotopic (exact) mass is 175 g/mol. The first kappa shape index (κ1) is 8.74. The maximum Gasteiger partial charge on any atom is 0.249 e. The molecule has 4 nitrogen and oxygen atoms in total. The van der Waals surface area contributed by atoms with Crippen LogP contribution >= 0.6 is 12.2 Å². The quantitative estimate of drug-likeness (QED) is 0.282. The summed E-state index contributed by atoms with van der Waals surface area (Å²) in [6.07, 6.45) is 4.23. The molecule has 0 aromatic carbocycles. The van der Waals surface area contributed by atoms with Gasteiger partial charge in [-0.25, -0.2) is 4.79 Å². The van der Waals surface area contributed by atoms with Gasteiger partial charge in [0, 0.05) is 6.61 Å². The third-order valence-electron chi connectivity index (χ3n) is 1.36. The van der Waals surface area contributed by atoms with Gasteiger partial charge in [0.15, 0.2) is 18.5 Å². The lowest BCUT2D eigenvalue weighted by atomic mass is 10.2. The van der Waals surface area contributed by atoms with Gasteiger partial charge >= 0.3 is 0 Å². The number of hydrogen-bond donors (Lipinski definition) is 0. The van der Waals surface area contributed by atoms with Gasteiger partial charge in [0.05, 0.1) is 0 Å². The molecule has 11 heavy (non-hydrogen) atoms. The molecule has 0 radical (unpaired) electrons. The van der Waals surface area contributed by atoms with E-state index in [1.807, 2.05) is 0 Å². The molecule has 1 atom stereocenters. The Morgan fingerprint density at radius 1 is 1.64 bits per heavy atom. The van der Waals surface area contributed by atoms with Gasteiger partial charge < -0.3 is 4.74 Å². The third-order valence-corrected chi connectivity index (χ3v) is 1.81. The van der Waals surface area contributed by atoms with Crippen molar-refractivity contribution in [3.63, 3.8) is 0 Å². The molecule has 1 rings (SSSR count). The average molecular weight is 175 g/mol. The highest BCUT2D eigenvalue weighted by Gasteiger charge is 2.13. The zero-order valence-electron chi connectivity index (χ0n) is 5.99. The largest absolute Gasteiger partial charge is 0.352 e. The SMILES string of the molecule is O=C=NSOC1CCCCO1. The highest BCUT2D eigenvalue weighted by atomic mass is 32.2. The van der Waals surface area contributed by atoms with E-state index < -0.39 is 0 Å². The first-order valence-corrected chi connectivity index (χ1v) is 4.14. The predicted molar refractivity (Wildman–Crippen MR) is 40.4 cm³/mol. The average Bonchev–Trinajstić information content (AvgIpc) is 2.07. The minimum absolute atomic E-state index is 0.203. The Balaban J connectivity index is 2.09. The normalized spacial score (nSPS) is 24.2. The lowest BCUT2D eigenvalue weighted by Crippen LogP contribution is -2.19. The maximum atomic E-state index is 9.61. The first-order valence-electron chi connectivity index (χ1n) is 3.45. The Bertz CT molecular complexity index is 152. The van der Waals surface area contributed by atoms with Crippen molar-refractivity contribution in [3.05, 3.63) is 0 Å². The standard InChI is InChI=1S/C6H9NO3S/c8-5-7-11-10-6-3-1-2-4-9-6/h6H,1-4H2. The summed E-state index contributed by atoms with van der Waals surface area (Å²) in [6.45, 7) is 0.732. The lowest BCUT2D eigenvalue weighted by Gasteiger charge is -2.19. The zero-order valence-corrected chi connectivity index (χ0v) is 6.80. The van der Waals surface area contributed by atoms with Crippen molar-refractivity contribution in [1.82, 2.24) is 0 Å². The molecule has 0 aliphatic carbocycles. The number of ether oxygens (including phenoxy) is 1. The van der Waals surface area contributed by atoms with E-state index in [1.54, 1.807) is 0 Å². The summed E-state index contributed by atoms with van der Waals surface area (Å²) in [4.78, 5) is 9.61. The predicted octanol–water partition coefficient (Wildman–Crippen LogP) is 1.43. The Kier molecular flexibility index (Phi) is 4.23. The Morgan fingerprint density at radius 2 is 2.55 bits per heavy atom. The second-order valence-corrected chi connectivity index (χ2v) is 2.67. The fraction of sp³-hybridized carbons (Fsp3) is 0.833. The molecular weight excluding hydrogens is 166 g/mol. The van der Waals surface area contributed by atoms with Gasteiger partial charge in [0.1, 0.15) is 0 Å². The van der Waals surface area contributed by atoms with E-state index in [0.29, 0.717) is 0 Å². The van der Waals surface area contributed by atoms with Crippen LogP contribution in [0, 0.1) is 0 Å². The van der Waals surface area contributed by atoms with Crippen LogP contribution in [-0.2, 0) is 13.7 Å². The van der Waals surface area contributed by atoms with Gasteiger partial charge in [-0.3, -0.25) is 4.18 Å². The summed E-state index contributed by atoms with van der Waals surface area (Å²) >= 11 is 0.736. The van der Waals surface area contributed by atoms with Gasteiger partial charge in [-0.2, -0.15) is 0 Å². The minimum Gasteiger partial charge on any atom is -0.352 e. The number of carbonyl (C=O) groups excluding carboxylic acids is 1. The van der Waals surface area contributed by atoms with Crippen LogP contribution in [0.2, 0.25) is 0 Å². The first-order chi connectivity index (χ1) is 5.43. The van der Waals surface area contributed by atoms with E-state index in [2.05, 4.69) is 4.40 Å². The van der Waals surface area contributed by atoms with E-state index in [4.69, 9.17) is 8.92 Å². The van der Waals surface area contributed by atoms with Crippen molar-refractivity contribution in [2.24, 2.45) is 4.40 Å². The molecule has 0 aromatic heterocycles. The van der Waals surface area contributed by atoms with E-state index in [1.165, 1.54) is 6.08 Å². The van der Waals surface area contributed by atoms with E-state index >= 15 is 0 Å². The number of isocyanates is 1. The van der Waals surface area contributed by atoms with Crippen LogP contribution in [0.15, 0.2) is 4.40 Å². The van der Waals surface area contributed by atoms with Gasteiger partial charge in [-0.1, -0.05) is 0 Å². The smallest absolute Gasteiger partial charge is 0.249 e. The second kappa shape index (κ2) is 5.32. The van der Waals surface area contributed by atoms with Crippen LogP contribution < -0.4 is 0 Å². The molecule has 1 unspecified atom stereocenters. The van der Waals surface area contributed by atoms with Crippen LogP contribution in [0.4, 0.5) is 0 Å². The summed E-state index contributed by atoms with van der Waals surface area (Å²) in [5.74, 6) is 0. The molecule has 5 heteroatoms. The topological polar surface area (TPSA) is 47.9 Å². The molecule has 0 amide bonds. The van der Waals surface area contributed by atoms with Crippen LogP contribution in [-0.4, -0.2) is 19.0 Å². The summed E-state index contributed by atoms with van der Waals surface area (Å²) in [5.41, 5.74) is 0.